The highest BCUT2D eigenvalue weighted by atomic mass is 35.5. The lowest BCUT2D eigenvalue weighted by Gasteiger charge is -2.29. The molecule has 1 fully saturated rings. The standard InChI is InChI=1S/C27H31ClN4O4/c1-17(18-8-10-21(11-9-18)32-13-5-12-29-32)30-25(35)23(33)24(34)26(36)31-16-27(2,3)15-22(31)19-6-4-7-20(28)14-19/h4-14,17,22-24,33-34H,15-16H2,1-3H3,(H,30,35)/t17-,22?,23-,24-/m1/s1. The highest BCUT2D eigenvalue weighted by Crippen LogP contribution is 2.43. The summed E-state index contributed by atoms with van der Waals surface area (Å²) in [6, 6.07) is 15.7. The fraction of sp³-hybridized carbons (Fsp3) is 0.370. The van der Waals surface area contributed by atoms with Crippen LogP contribution in [-0.2, 0) is 9.59 Å². The van der Waals surface area contributed by atoms with Crippen LogP contribution in [0.4, 0.5) is 0 Å². The Balaban J connectivity index is 1.42. The van der Waals surface area contributed by atoms with Crippen LogP contribution in [0.5, 0.6) is 0 Å². The number of amides is 2. The molecule has 190 valence electrons. The summed E-state index contributed by atoms with van der Waals surface area (Å²) in [5.74, 6) is -1.51. The molecule has 3 N–H and O–H groups in total. The molecule has 0 radical (unpaired) electrons. The Bertz CT molecular complexity index is 1210. The molecule has 9 heteroatoms. The zero-order valence-electron chi connectivity index (χ0n) is 20.5. The molecule has 1 unspecified atom stereocenters. The number of aromatic nitrogens is 2. The van der Waals surface area contributed by atoms with Crippen LogP contribution < -0.4 is 5.32 Å². The van der Waals surface area contributed by atoms with Crippen LogP contribution in [0, 0.1) is 5.41 Å². The van der Waals surface area contributed by atoms with Gasteiger partial charge in [0.15, 0.2) is 12.2 Å². The predicted molar refractivity (Wildman–Crippen MR) is 136 cm³/mol. The Hall–Kier alpha value is -3.20. The number of nitrogens with zero attached hydrogens (tertiary/aromatic N) is 3. The number of aliphatic hydroxyl groups excluding tert-OH is 2. The average Bonchev–Trinajstić information content (AvgIpc) is 3.50. The minimum Gasteiger partial charge on any atom is -0.380 e. The van der Waals surface area contributed by atoms with Crippen LogP contribution >= 0.6 is 11.6 Å². The summed E-state index contributed by atoms with van der Waals surface area (Å²) in [6.45, 7) is 6.21. The third-order valence-electron chi connectivity index (χ3n) is 6.58. The molecule has 4 atom stereocenters. The quantitative estimate of drug-likeness (QED) is 0.451. The van der Waals surface area contributed by atoms with Gasteiger partial charge in [0.25, 0.3) is 11.8 Å². The number of halogens is 1. The van der Waals surface area contributed by atoms with E-state index in [1.54, 1.807) is 29.9 Å². The van der Waals surface area contributed by atoms with Crippen LogP contribution in [0.3, 0.4) is 0 Å². The second-order valence-corrected chi connectivity index (χ2v) is 10.5. The van der Waals surface area contributed by atoms with Gasteiger partial charge in [-0.2, -0.15) is 5.10 Å². The molecule has 1 aliphatic heterocycles. The largest absolute Gasteiger partial charge is 0.380 e. The van der Waals surface area contributed by atoms with E-state index in [2.05, 4.69) is 10.4 Å². The fourth-order valence-electron chi connectivity index (χ4n) is 4.68. The van der Waals surface area contributed by atoms with Crippen molar-refractivity contribution in [3.63, 3.8) is 0 Å². The van der Waals surface area contributed by atoms with Gasteiger partial charge in [-0.05, 0) is 60.2 Å². The minimum absolute atomic E-state index is 0.202. The number of carbonyl (C=O) groups excluding carboxylic acids is 2. The summed E-state index contributed by atoms with van der Waals surface area (Å²) < 4.78 is 1.72. The normalized spacial score (nSPS) is 19.5. The van der Waals surface area contributed by atoms with Crippen LogP contribution in [-0.4, -0.2) is 55.5 Å². The summed E-state index contributed by atoms with van der Waals surface area (Å²) in [5.41, 5.74) is 2.31. The zero-order chi connectivity index (χ0) is 26.0. The van der Waals surface area contributed by atoms with Gasteiger partial charge in [-0.25, -0.2) is 4.68 Å². The van der Waals surface area contributed by atoms with Crippen molar-refractivity contribution < 1.29 is 19.8 Å². The zero-order valence-corrected chi connectivity index (χ0v) is 21.3. The van der Waals surface area contributed by atoms with Gasteiger partial charge in [0.05, 0.1) is 17.8 Å². The molecule has 0 aliphatic carbocycles. The third kappa shape index (κ3) is 5.61. The average molecular weight is 511 g/mol. The predicted octanol–water partition coefficient (Wildman–Crippen LogP) is 3.42. The Kier molecular flexibility index (Phi) is 7.49. The molecular formula is C27H31ClN4O4. The summed E-state index contributed by atoms with van der Waals surface area (Å²) >= 11 is 6.16. The monoisotopic (exact) mass is 510 g/mol. The van der Waals surface area contributed by atoms with E-state index >= 15 is 0 Å². The molecule has 36 heavy (non-hydrogen) atoms. The molecular weight excluding hydrogens is 480 g/mol. The first-order valence-corrected chi connectivity index (χ1v) is 12.3. The highest BCUT2D eigenvalue weighted by Gasteiger charge is 2.44. The number of carbonyl (C=O) groups is 2. The molecule has 3 aromatic rings. The van der Waals surface area contributed by atoms with E-state index in [9.17, 15) is 19.8 Å². The van der Waals surface area contributed by atoms with Gasteiger partial charge in [-0.1, -0.05) is 49.7 Å². The van der Waals surface area contributed by atoms with Gasteiger partial charge >= 0.3 is 0 Å². The summed E-state index contributed by atoms with van der Waals surface area (Å²) in [4.78, 5) is 27.5. The number of benzene rings is 2. The van der Waals surface area contributed by atoms with Gasteiger partial charge in [0.1, 0.15) is 0 Å². The first-order valence-electron chi connectivity index (χ1n) is 11.9. The maximum Gasteiger partial charge on any atom is 0.255 e. The molecule has 1 saturated heterocycles. The van der Waals surface area contributed by atoms with Crippen molar-refractivity contribution in [3.05, 3.63) is 83.1 Å². The summed E-state index contributed by atoms with van der Waals surface area (Å²) in [6.07, 6.45) is 0.375. The molecule has 0 spiro atoms. The molecule has 1 aliphatic rings. The molecule has 2 amide bonds. The molecule has 4 rings (SSSR count). The second kappa shape index (κ2) is 10.4. The van der Waals surface area contributed by atoms with E-state index < -0.39 is 30.1 Å². The maximum atomic E-state index is 13.2. The van der Waals surface area contributed by atoms with Gasteiger partial charge in [-0.3, -0.25) is 9.59 Å². The number of hydrogen-bond donors (Lipinski definition) is 3. The van der Waals surface area contributed by atoms with Gasteiger partial charge in [0, 0.05) is 24.0 Å². The van der Waals surface area contributed by atoms with Crippen molar-refractivity contribution in [3.8, 4) is 5.69 Å². The Morgan fingerprint density at radius 2 is 1.83 bits per heavy atom. The number of nitrogens with one attached hydrogen (secondary N) is 1. The maximum absolute atomic E-state index is 13.2. The lowest BCUT2D eigenvalue weighted by atomic mass is 9.89. The number of rotatable bonds is 7. The van der Waals surface area contributed by atoms with Gasteiger partial charge in [-0.15, -0.1) is 0 Å². The van der Waals surface area contributed by atoms with E-state index in [-0.39, 0.29) is 11.5 Å². The molecule has 0 saturated carbocycles. The Labute approximate surface area is 215 Å². The molecule has 2 aromatic carbocycles. The van der Waals surface area contributed by atoms with E-state index in [0.717, 1.165) is 16.8 Å². The fourth-order valence-corrected chi connectivity index (χ4v) is 4.88. The van der Waals surface area contributed by atoms with Crippen molar-refractivity contribution in [2.75, 3.05) is 6.54 Å². The molecule has 1 aromatic heterocycles. The Morgan fingerprint density at radius 3 is 2.47 bits per heavy atom. The highest BCUT2D eigenvalue weighted by molar-refractivity contribution is 6.30. The smallest absolute Gasteiger partial charge is 0.255 e. The summed E-state index contributed by atoms with van der Waals surface area (Å²) in [5, 5.41) is 28.7. The lowest BCUT2D eigenvalue weighted by molar-refractivity contribution is -0.154. The van der Waals surface area contributed by atoms with Crippen molar-refractivity contribution >= 4 is 23.4 Å². The number of hydrogen-bond acceptors (Lipinski definition) is 5. The number of aliphatic hydroxyl groups is 2. The third-order valence-corrected chi connectivity index (χ3v) is 6.81. The SMILES string of the molecule is C[C@@H](NC(=O)[C@H](O)[C@@H](O)C(=O)N1CC(C)(C)CC1c1cccc(Cl)c1)c1ccc(-n2cccn2)cc1. The van der Waals surface area contributed by atoms with Gasteiger partial charge in [0.2, 0.25) is 0 Å². The molecule has 2 heterocycles. The second-order valence-electron chi connectivity index (χ2n) is 10.1. The van der Waals surface area contributed by atoms with Crippen LogP contribution in [0.15, 0.2) is 67.0 Å². The first-order chi connectivity index (χ1) is 17.1. The summed E-state index contributed by atoms with van der Waals surface area (Å²) in [7, 11) is 0. The molecule has 0 bridgehead atoms. The van der Waals surface area contributed by atoms with E-state index in [4.69, 9.17) is 11.6 Å². The molecule has 8 nitrogen and oxygen atoms in total. The topological polar surface area (TPSA) is 108 Å². The van der Waals surface area contributed by atoms with Crippen LogP contribution in [0.25, 0.3) is 5.69 Å². The van der Waals surface area contributed by atoms with Crippen LogP contribution in [0.1, 0.15) is 50.4 Å². The van der Waals surface area contributed by atoms with E-state index in [1.165, 1.54) is 4.90 Å². The van der Waals surface area contributed by atoms with E-state index in [0.29, 0.717) is 18.0 Å². The lowest BCUT2D eigenvalue weighted by Crippen LogP contribution is -2.51. The van der Waals surface area contributed by atoms with Crippen molar-refractivity contribution in [1.29, 1.82) is 0 Å². The van der Waals surface area contributed by atoms with Crippen molar-refractivity contribution in [1.82, 2.24) is 20.0 Å². The van der Waals surface area contributed by atoms with Crippen molar-refractivity contribution in [2.24, 2.45) is 5.41 Å². The Morgan fingerprint density at radius 1 is 1.11 bits per heavy atom. The first kappa shape index (κ1) is 25.9. The van der Waals surface area contributed by atoms with Crippen LogP contribution in [0.2, 0.25) is 5.02 Å². The minimum atomic E-state index is -1.91. The van der Waals surface area contributed by atoms with Gasteiger partial charge < -0.3 is 20.4 Å². The van der Waals surface area contributed by atoms with Crippen molar-refractivity contribution in [2.45, 2.75) is 51.5 Å². The van der Waals surface area contributed by atoms with E-state index in [1.807, 2.05) is 62.5 Å². The number of likely N-dealkylation sites (tertiary alicyclic amines) is 1.